The molecule has 4 rings (SSSR count). The Kier molecular flexibility index (Phi) is 5.94. The van der Waals surface area contributed by atoms with Crippen LogP contribution >= 0.6 is 0 Å². The Labute approximate surface area is 182 Å². The highest BCUT2D eigenvalue weighted by atomic mass is 16.5. The lowest BCUT2D eigenvalue weighted by molar-refractivity contribution is -0.133. The van der Waals surface area contributed by atoms with Crippen LogP contribution in [-0.4, -0.2) is 36.6 Å². The standard InChI is InChI=1S/C26H26N2O3/c1-18-8-10-19(11-9-18)26(23-16-27-24-7-5-4-6-22(23)24)28(2)25(29)17-31-21-14-12-20(30-3)13-15-21/h4-16,26-27H,17H2,1-3H3. The van der Waals surface area contributed by atoms with Gasteiger partial charge in [0, 0.05) is 29.7 Å². The number of hydrogen-bond acceptors (Lipinski definition) is 3. The molecule has 1 aromatic heterocycles. The van der Waals surface area contributed by atoms with Gasteiger partial charge in [-0.1, -0.05) is 48.0 Å². The predicted molar refractivity (Wildman–Crippen MR) is 123 cm³/mol. The van der Waals surface area contributed by atoms with Crippen molar-refractivity contribution in [3.63, 3.8) is 0 Å². The molecule has 5 nitrogen and oxygen atoms in total. The highest BCUT2D eigenvalue weighted by Crippen LogP contribution is 2.33. The van der Waals surface area contributed by atoms with Gasteiger partial charge >= 0.3 is 0 Å². The fourth-order valence-electron chi connectivity index (χ4n) is 3.74. The third-order valence-electron chi connectivity index (χ3n) is 5.51. The number of H-pyrrole nitrogens is 1. The largest absolute Gasteiger partial charge is 0.497 e. The zero-order valence-corrected chi connectivity index (χ0v) is 18.0. The summed E-state index contributed by atoms with van der Waals surface area (Å²) in [6, 6.07) is 23.4. The summed E-state index contributed by atoms with van der Waals surface area (Å²) in [5.41, 5.74) is 4.33. The molecule has 3 aromatic carbocycles. The van der Waals surface area contributed by atoms with Gasteiger partial charge in [0.25, 0.3) is 5.91 Å². The summed E-state index contributed by atoms with van der Waals surface area (Å²) in [4.78, 5) is 18.2. The van der Waals surface area contributed by atoms with E-state index in [4.69, 9.17) is 9.47 Å². The first-order valence-corrected chi connectivity index (χ1v) is 10.2. The Morgan fingerprint density at radius 1 is 0.968 bits per heavy atom. The lowest BCUT2D eigenvalue weighted by Crippen LogP contribution is -2.35. The second kappa shape index (κ2) is 8.96. The molecule has 1 heterocycles. The van der Waals surface area contributed by atoms with E-state index in [1.54, 1.807) is 24.1 Å². The van der Waals surface area contributed by atoms with Gasteiger partial charge in [-0.05, 0) is 42.8 Å². The van der Waals surface area contributed by atoms with Crippen LogP contribution in [0.15, 0.2) is 79.0 Å². The smallest absolute Gasteiger partial charge is 0.261 e. The number of nitrogens with zero attached hydrogens (tertiary/aromatic N) is 1. The lowest BCUT2D eigenvalue weighted by Gasteiger charge is -2.29. The average Bonchev–Trinajstić information content (AvgIpc) is 3.23. The van der Waals surface area contributed by atoms with Gasteiger partial charge in [0.15, 0.2) is 6.61 Å². The first-order valence-electron chi connectivity index (χ1n) is 10.2. The fourth-order valence-corrected chi connectivity index (χ4v) is 3.74. The molecule has 0 aliphatic heterocycles. The molecule has 1 amide bonds. The number of aromatic nitrogens is 1. The van der Waals surface area contributed by atoms with Crippen molar-refractivity contribution in [2.24, 2.45) is 0 Å². The van der Waals surface area contributed by atoms with Crippen LogP contribution in [-0.2, 0) is 4.79 Å². The minimum Gasteiger partial charge on any atom is -0.497 e. The maximum absolute atomic E-state index is 13.1. The number of carbonyl (C=O) groups excluding carboxylic acids is 1. The Morgan fingerprint density at radius 2 is 1.65 bits per heavy atom. The molecule has 0 saturated carbocycles. The van der Waals surface area contributed by atoms with Gasteiger partial charge in [-0.25, -0.2) is 0 Å². The van der Waals surface area contributed by atoms with E-state index in [1.807, 2.05) is 43.6 Å². The summed E-state index contributed by atoms with van der Waals surface area (Å²) in [6.45, 7) is 2.01. The summed E-state index contributed by atoms with van der Waals surface area (Å²) in [7, 11) is 3.44. The zero-order valence-electron chi connectivity index (χ0n) is 18.0. The van der Waals surface area contributed by atoms with E-state index in [9.17, 15) is 4.79 Å². The van der Waals surface area contributed by atoms with E-state index in [0.29, 0.717) is 5.75 Å². The Morgan fingerprint density at radius 3 is 2.35 bits per heavy atom. The van der Waals surface area contributed by atoms with Crippen LogP contribution in [0.1, 0.15) is 22.7 Å². The first kappa shape index (κ1) is 20.5. The van der Waals surface area contributed by atoms with E-state index in [-0.39, 0.29) is 18.6 Å². The number of amides is 1. The van der Waals surface area contributed by atoms with Crippen molar-refractivity contribution in [1.82, 2.24) is 9.88 Å². The summed E-state index contributed by atoms with van der Waals surface area (Å²) in [6.07, 6.45) is 1.99. The zero-order chi connectivity index (χ0) is 21.8. The number of aryl methyl sites for hydroxylation is 1. The Bertz CT molecular complexity index is 1160. The number of aromatic amines is 1. The maximum Gasteiger partial charge on any atom is 0.261 e. The van der Waals surface area contributed by atoms with Crippen molar-refractivity contribution in [2.75, 3.05) is 20.8 Å². The molecular weight excluding hydrogens is 388 g/mol. The molecule has 5 heteroatoms. The Balaban J connectivity index is 1.61. The SMILES string of the molecule is COc1ccc(OCC(=O)N(C)C(c2ccc(C)cc2)c2c[nH]c3ccccc23)cc1. The molecule has 0 aliphatic carbocycles. The quantitative estimate of drug-likeness (QED) is 0.457. The molecular formula is C26H26N2O3. The molecule has 0 aliphatic rings. The minimum absolute atomic E-state index is 0.0481. The molecule has 1 atom stereocenters. The topological polar surface area (TPSA) is 54.6 Å². The molecule has 158 valence electrons. The van der Waals surface area contributed by atoms with Crippen LogP contribution < -0.4 is 9.47 Å². The van der Waals surface area contributed by atoms with Gasteiger partial charge in [-0.15, -0.1) is 0 Å². The number of fused-ring (bicyclic) bond motifs is 1. The predicted octanol–water partition coefficient (Wildman–Crippen LogP) is 5.11. The monoisotopic (exact) mass is 414 g/mol. The van der Waals surface area contributed by atoms with Gasteiger partial charge in [0.2, 0.25) is 0 Å². The molecule has 4 aromatic rings. The number of carbonyl (C=O) groups is 1. The van der Waals surface area contributed by atoms with Crippen LogP contribution in [0.5, 0.6) is 11.5 Å². The second-order valence-electron chi connectivity index (χ2n) is 7.57. The van der Waals surface area contributed by atoms with Crippen LogP contribution in [0.2, 0.25) is 0 Å². The van der Waals surface area contributed by atoms with Crippen LogP contribution in [0.3, 0.4) is 0 Å². The van der Waals surface area contributed by atoms with E-state index in [1.165, 1.54) is 5.56 Å². The molecule has 31 heavy (non-hydrogen) atoms. The third-order valence-corrected chi connectivity index (χ3v) is 5.51. The average molecular weight is 415 g/mol. The molecule has 0 bridgehead atoms. The molecule has 1 N–H and O–H groups in total. The third kappa shape index (κ3) is 4.40. The maximum atomic E-state index is 13.1. The number of benzene rings is 3. The summed E-state index contributed by atoms with van der Waals surface area (Å²) < 4.78 is 10.9. The fraction of sp³-hybridized carbons (Fsp3) is 0.192. The number of hydrogen-bond donors (Lipinski definition) is 1. The first-order chi connectivity index (χ1) is 15.1. The van der Waals surface area contributed by atoms with Crippen molar-refractivity contribution in [1.29, 1.82) is 0 Å². The van der Waals surface area contributed by atoms with Gasteiger partial charge in [-0.2, -0.15) is 0 Å². The van der Waals surface area contributed by atoms with E-state index in [2.05, 4.69) is 42.2 Å². The molecule has 0 saturated heterocycles. The lowest BCUT2D eigenvalue weighted by atomic mass is 9.96. The number of rotatable bonds is 7. The van der Waals surface area contributed by atoms with Crippen molar-refractivity contribution in [2.45, 2.75) is 13.0 Å². The summed E-state index contributed by atoms with van der Waals surface area (Å²) in [5.74, 6) is 1.27. The van der Waals surface area contributed by atoms with Crippen LogP contribution in [0.25, 0.3) is 10.9 Å². The molecule has 1 unspecified atom stereocenters. The normalized spacial score (nSPS) is 11.8. The minimum atomic E-state index is -0.233. The number of ether oxygens (including phenoxy) is 2. The van der Waals surface area contributed by atoms with Crippen molar-refractivity contribution >= 4 is 16.8 Å². The van der Waals surface area contributed by atoms with Crippen LogP contribution in [0, 0.1) is 6.92 Å². The highest BCUT2D eigenvalue weighted by molar-refractivity contribution is 5.85. The van der Waals surface area contributed by atoms with Crippen molar-refractivity contribution < 1.29 is 14.3 Å². The summed E-state index contributed by atoms with van der Waals surface area (Å²) in [5, 5.41) is 1.10. The molecule has 0 spiro atoms. The van der Waals surface area contributed by atoms with E-state index >= 15 is 0 Å². The number of methoxy groups -OCH3 is 1. The highest BCUT2D eigenvalue weighted by Gasteiger charge is 2.26. The van der Waals surface area contributed by atoms with Crippen LogP contribution in [0.4, 0.5) is 0 Å². The number of likely N-dealkylation sites (N-methyl/N-ethyl adjacent to an activating group) is 1. The van der Waals surface area contributed by atoms with E-state index < -0.39 is 0 Å². The Hall–Kier alpha value is -3.73. The van der Waals surface area contributed by atoms with E-state index in [0.717, 1.165) is 27.8 Å². The molecule has 0 radical (unpaired) electrons. The summed E-state index contributed by atoms with van der Waals surface area (Å²) >= 11 is 0. The van der Waals surface area contributed by atoms with Gasteiger partial charge in [0.1, 0.15) is 11.5 Å². The van der Waals surface area contributed by atoms with Gasteiger partial charge in [0.05, 0.1) is 13.2 Å². The molecule has 0 fully saturated rings. The number of para-hydroxylation sites is 1. The van der Waals surface area contributed by atoms with Gasteiger partial charge < -0.3 is 19.4 Å². The second-order valence-corrected chi connectivity index (χ2v) is 7.57. The number of nitrogens with one attached hydrogen (secondary N) is 1. The van der Waals surface area contributed by atoms with Gasteiger partial charge in [-0.3, -0.25) is 4.79 Å². The van der Waals surface area contributed by atoms with Crippen molar-refractivity contribution in [3.05, 3.63) is 95.7 Å². The van der Waals surface area contributed by atoms with Crippen molar-refractivity contribution in [3.8, 4) is 11.5 Å².